The molecule has 0 unspecified atom stereocenters. The van der Waals surface area contributed by atoms with Gasteiger partial charge in [-0.15, -0.1) is 0 Å². The monoisotopic (exact) mass is 626 g/mol. The Labute approximate surface area is 261 Å². The highest BCUT2D eigenvalue weighted by Crippen LogP contribution is 2.45. The molecule has 2 saturated carbocycles. The van der Waals surface area contributed by atoms with Gasteiger partial charge in [0.05, 0.1) is 16.9 Å². The fourth-order valence-electron chi connectivity index (χ4n) is 6.86. The summed E-state index contributed by atoms with van der Waals surface area (Å²) >= 11 is 0. The SMILES string of the molecule is C[C@H]1C[C@@]2(CCN1c1cc(B3OC(C)(C)C(C)(C)O3)cc(F)c1CC1CC1)N=C(c1ccc(C(F)(F)F)nc1C1CC1)NC2=O. The highest BCUT2D eigenvalue weighted by molar-refractivity contribution is 6.62. The van der Waals surface area contributed by atoms with Gasteiger partial charge in [-0.05, 0) is 109 Å². The zero-order chi connectivity index (χ0) is 32.1. The molecule has 3 aliphatic heterocycles. The van der Waals surface area contributed by atoms with E-state index < -0.39 is 35.7 Å². The molecule has 1 amide bonds. The van der Waals surface area contributed by atoms with Crippen molar-refractivity contribution in [1.82, 2.24) is 10.3 Å². The van der Waals surface area contributed by atoms with Crippen LogP contribution >= 0.6 is 0 Å². The van der Waals surface area contributed by atoms with E-state index in [1.165, 1.54) is 12.1 Å². The van der Waals surface area contributed by atoms with Gasteiger partial charge in [0.2, 0.25) is 0 Å². The van der Waals surface area contributed by atoms with E-state index in [4.69, 9.17) is 14.3 Å². The van der Waals surface area contributed by atoms with Crippen LogP contribution in [0.3, 0.4) is 0 Å². The Bertz CT molecular complexity index is 1570. The van der Waals surface area contributed by atoms with E-state index in [0.717, 1.165) is 37.4 Å². The van der Waals surface area contributed by atoms with Crippen LogP contribution < -0.4 is 15.7 Å². The molecule has 7 nitrogen and oxygen atoms in total. The molecule has 2 aliphatic carbocycles. The average molecular weight is 627 g/mol. The Morgan fingerprint density at radius 1 is 1.07 bits per heavy atom. The summed E-state index contributed by atoms with van der Waals surface area (Å²) in [4.78, 5) is 24.5. The minimum absolute atomic E-state index is 0.0738. The largest absolute Gasteiger partial charge is 0.495 e. The van der Waals surface area contributed by atoms with Gasteiger partial charge in [0.1, 0.15) is 22.9 Å². The molecule has 12 heteroatoms. The van der Waals surface area contributed by atoms with Gasteiger partial charge in [0, 0.05) is 41.7 Å². The Kier molecular flexibility index (Phi) is 6.99. The van der Waals surface area contributed by atoms with Gasteiger partial charge in [-0.25, -0.2) is 9.37 Å². The Morgan fingerprint density at radius 3 is 2.36 bits per heavy atom. The normalized spacial score (nSPS) is 27.7. The average Bonchev–Trinajstić information content (AvgIpc) is 3.88. The number of pyridine rings is 1. The van der Waals surface area contributed by atoms with E-state index in [1.807, 2.05) is 40.7 Å². The summed E-state index contributed by atoms with van der Waals surface area (Å²) in [5, 5.41) is 2.88. The summed E-state index contributed by atoms with van der Waals surface area (Å²) in [7, 11) is -0.713. The van der Waals surface area contributed by atoms with Crippen LogP contribution in [0.5, 0.6) is 0 Å². The van der Waals surface area contributed by atoms with Gasteiger partial charge < -0.3 is 19.5 Å². The lowest BCUT2D eigenvalue weighted by Gasteiger charge is -2.43. The van der Waals surface area contributed by atoms with Gasteiger partial charge in [-0.1, -0.05) is 0 Å². The predicted molar refractivity (Wildman–Crippen MR) is 163 cm³/mol. The maximum atomic E-state index is 15.9. The van der Waals surface area contributed by atoms with Crippen molar-refractivity contribution >= 4 is 30.0 Å². The minimum Gasteiger partial charge on any atom is -0.399 e. The molecule has 2 atom stereocenters. The first kappa shape index (κ1) is 30.7. The number of piperidine rings is 1. The molecule has 2 saturated heterocycles. The number of aliphatic imine (C=N–C) groups is 1. The zero-order valence-corrected chi connectivity index (χ0v) is 26.4. The van der Waals surface area contributed by atoms with Crippen LogP contribution in [0.15, 0.2) is 29.3 Å². The van der Waals surface area contributed by atoms with Crippen LogP contribution in [0.2, 0.25) is 0 Å². The first-order chi connectivity index (χ1) is 21.1. The number of halogens is 4. The standard InChI is InChI=1S/C33H39BF4N4O3/c1-18-17-32(29(43)40-28(41-32)22-10-11-26(33(36,37)38)39-27(22)20-8-9-20)12-13-42(18)25-16-21(15-24(35)23(25)14-19-6-7-19)34-44-30(2,3)31(4,5)45-34/h10-11,15-16,18-20H,6-9,12-14,17H2,1-5H3,(H,40,41,43)/t18-,32+/m0/s1. The summed E-state index contributed by atoms with van der Waals surface area (Å²) in [6, 6.07) is 5.68. The molecular formula is C33H39BF4N4O3. The minimum atomic E-state index is -4.55. The summed E-state index contributed by atoms with van der Waals surface area (Å²) in [5.74, 6) is 0.124. The lowest BCUT2D eigenvalue weighted by molar-refractivity contribution is -0.141. The number of nitrogens with one attached hydrogen (secondary N) is 1. The van der Waals surface area contributed by atoms with E-state index in [1.54, 1.807) is 0 Å². The van der Waals surface area contributed by atoms with Gasteiger partial charge in [0.15, 0.2) is 0 Å². The number of hydrogen-bond donors (Lipinski definition) is 1. The van der Waals surface area contributed by atoms with Crippen molar-refractivity contribution in [3.8, 4) is 0 Å². The van der Waals surface area contributed by atoms with Gasteiger partial charge in [-0.3, -0.25) is 9.79 Å². The van der Waals surface area contributed by atoms with E-state index in [2.05, 4.69) is 15.2 Å². The Morgan fingerprint density at radius 2 is 1.76 bits per heavy atom. The molecule has 1 N–H and O–H groups in total. The smallest absolute Gasteiger partial charge is 0.399 e. The number of rotatable bonds is 6. The number of carbonyl (C=O) groups excluding carboxylic acids is 1. The van der Waals surface area contributed by atoms with Crippen LogP contribution in [0.1, 0.15) is 102 Å². The van der Waals surface area contributed by atoms with Crippen LogP contribution in [-0.2, 0) is 26.7 Å². The molecule has 2 aromatic rings. The quantitative estimate of drug-likeness (QED) is 0.331. The molecule has 240 valence electrons. The summed E-state index contributed by atoms with van der Waals surface area (Å²) in [5.41, 5.74) is -0.265. The maximum absolute atomic E-state index is 15.9. The number of anilines is 1. The third kappa shape index (κ3) is 5.45. The van der Waals surface area contributed by atoms with Crippen molar-refractivity contribution in [2.75, 3.05) is 11.4 Å². The highest BCUT2D eigenvalue weighted by Gasteiger charge is 2.53. The second-order valence-electron chi connectivity index (χ2n) is 14.6. The van der Waals surface area contributed by atoms with Crippen LogP contribution in [0, 0.1) is 11.7 Å². The summed E-state index contributed by atoms with van der Waals surface area (Å²) < 4.78 is 68.7. The Balaban J connectivity index is 1.19. The van der Waals surface area contributed by atoms with Crippen molar-refractivity contribution in [3.05, 3.63) is 52.6 Å². The van der Waals surface area contributed by atoms with Gasteiger partial charge in [-0.2, -0.15) is 13.2 Å². The number of amides is 1. The fraction of sp³-hybridized carbons (Fsp3) is 0.606. The Hall–Kier alpha value is -2.99. The number of alkyl halides is 3. The molecule has 1 spiro atoms. The number of nitrogens with zero attached hydrogens (tertiary/aromatic N) is 3. The topological polar surface area (TPSA) is 76.1 Å². The van der Waals surface area contributed by atoms with Crippen molar-refractivity contribution < 1.29 is 31.7 Å². The predicted octanol–water partition coefficient (Wildman–Crippen LogP) is 5.67. The molecule has 4 heterocycles. The number of aromatic nitrogens is 1. The molecule has 0 bridgehead atoms. The van der Waals surface area contributed by atoms with Crippen LogP contribution in [0.25, 0.3) is 0 Å². The molecule has 7 rings (SSSR count). The number of amidine groups is 1. The second-order valence-corrected chi connectivity index (χ2v) is 14.6. The fourth-order valence-corrected chi connectivity index (χ4v) is 6.86. The van der Waals surface area contributed by atoms with E-state index in [0.29, 0.717) is 54.0 Å². The molecular weight excluding hydrogens is 587 g/mol. The van der Waals surface area contributed by atoms with E-state index >= 15 is 4.39 Å². The molecule has 0 radical (unpaired) electrons. The third-order valence-electron chi connectivity index (χ3n) is 10.6. The van der Waals surface area contributed by atoms with Gasteiger partial charge >= 0.3 is 13.3 Å². The molecule has 4 fully saturated rings. The third-order valence-corrected chi connectivity index (χ3v) is 10.6. The van der Waals surface area contributed by atoms with Crippen molar-refractivity contribution in [3.63, 3.8) is 0 Å². The van der Waals surface area contributed by atoms with E-state index in [-0.39, 0.29) is 29.5 Å². The highest BCUT2D eigenvalue weighted by atomic mass is 19.4. The van der Waals surface area contributed by atoms with Crippen molar-refractivity contribution in [2.45, 2.75) is 114 Å². The van der Waals surface area contributed by atoms with E-state index in [9.17, 15) is 18.0 Å². The first-order valence-electron chi connectivity index (χ1n) is 16.0. The van der Waals surface area contributed by atoms with Crippen LogP contribution in [-0.4, -0.2) is 53.2 Å². The van der Waals surface area contributed by atoms with Crippen LogP contribution in [0.4, 0.5) is 23.2 Å². The molecule has 1 aromatic heterocycles. The lowest BCUT2D eigenvalue weighted by atomic mass is 9.77. The second kappa shape index (κ2) is 10.3. The lowest BCUT2D eigenvalue weighted by Crippen LogP contribution is -2.53. The summed E-state index contributed by atoms with van der Waals surface area (Å²) in [6.45, 7) is 10.3. The van der Waals surface area contributed by atoms with Crippen molar-refractivity contribution in [2.24, 2.45) is 10.9 Å². The van der Waals surface area contributed by atoms with Crippen molar-refractivity contribution in [1.29, 1.82) is 0 Å². The first-order valence-corrected chi connectivity index (χ1v) is 16.0. The number of hydrogen-bond acceptors (Lipinski definition) is 6. The molecule has 5 aliphatic rings. The zero-order valence-electron chi connectivity index (χ0n) is 26.4. The maximum Gasteiger partial charge on any atom is 0.495 e. The van der Waals surface area contributed by atoms with Gasteiger partial charge in [0.25, 0.3) is 5.91 Å². The number of benzene rings is 1. The molecule has 1 aromatic carbocycles. The summed E-state index contributed by atoms with van der Waals surface area (Å²) in [6.07, 6.45) is 0.516. The number of carbonyl (C=O) groups is 1. The molecule has 45 heavy (non-hydrogen) atoms.